The van der Waals surface area contributed by atoms with Gasteiger partial charge in [0.2, 0.25) is 0 Å². The molecule has 0 N–H and O–H groups in total. The Morgan fingerprint density at radius 3 is 2.33 bits per heavy atom. The zero-order valence-electron chi connectivity index (χ0n) is 10.4. The zero-order chi connectivity index (χ0) is 11.5. The molecule has 15 heavy (non-hydrogen) atoms. The average Bonchev–Trinajstić information content (AvgIpc) is 2.23. The molecule has 0 radical (unpaired) electrons. The lowest BCUT2D eigenvalue weighted by atomic mass is 10.0. The summed E-state index contributed by atoms with van der Waals surface area (Å²) in [4.78, 5) is 2.31. The Kier molecular flexibility index (Phi) is 9.60. The first-order chi connectivity index (χ1) is 7.36. The third-order valence-electron chi connectivity index (χ3n) is 2.08. The standard InChI is InChI=1S/C10H17NO2.C2H6/c1-12-6-4-3-5-11-7-10(8-11)9-13-2;1-2/h10H,5-9H2,1-2H3;1-2H3. The molecule has 0 spiro atoms. The Bertz CT molecular complexity index is 190. The van der Waals surface area contributed by atoms with E-state index in [0.29, 0.717) is 12.5 Å². The SMILES string of the molecule is CC.COCC#CCN1CC(COC)C1. The Morgan fingerprint density at radius 1 is 1.13 bits per heavy atom. The molecule has 0 saturated carbocycles. The van der Waals surface area contributed by atoms with E-state index in [1.165, 1.54) is 0 Å². The molecule has 1 fully saturated rings. The molecule has 0 bridgehead atoms. The largest absolute Gasteiger partial charge is 0.384 e. The van der Waals surface area contributed by atoms with Crippen LogP contribution in [0.25, 0.3) is 0 Å². The lowest BCUT2D eigenvalue weighted by Crippen LogP contribution is -2.48. The first kappa shape index (κ1) is 14.4. The molecule has 1 heterocycles. The second-order valence-corrected chi connectivity index (χ2v) is 3.30. The van der Waals surface area contributed by atoms with E-state index in [1.54, 1.807) is 14.2 Å². The van der Waals surface area contributed by atoms with E-state index in [4.69, 9.17) is 9.47 Å². The van der Waals surface area contributed by atoms with Crippen LogP contribution < -0.4 is 0 Å². The molecule has 0 atom stereocenters. The summed E-state index contributed by atoms with van der Waals surface area (Å²) < 4.78 is 9.88. The van der Waals surface area contributed by atoms with Crippen molar-refractivity contribution in [3.05, 3.63) is 0 Å². The maximum atomic E-state index is 5.05. The molecule has 0 aliphatic carbocycles. The van der Waals surface area contributed by atoms with Crippen LogP contribution in [0.4, 0.5) is 0 Å². The summed E-state index contributed by atoms with van der Waals surface area (Å²) in [6.45, 7) is 8.52. The molecule has 0 aromatic rings. The summed E-state index contributed by atoms with van der Waals surface area (Å²) in [5.74, 6) is 6.71. The topological polar surface area (TPSA) is 21.7 Å². The summed E-state index contributed by atoms with van der Waals surface area (Å²) in [7, 11) is 3.41. The molecule has 0 unspecified atom stereocenters. The molecule has 1 rings (SSSR count). The normalized spacial score (nSPS) is 15.7. The maximum Gasteiger partial charge on any atom is 0.107 e. The Labute approximate surface area is 93.7 Å². The molecular formula is C12H23NO2. The van der Waals surface area contributed by atoms with E-state index in [-0.39, 0.29) is 0 Å². The van der Waals surface area contributed by atoms with Gasteiger partial charge in [0, 0.05) is 33.2 Å². The van der Waals surface area contributed by atoms with Gasteiger partial charge in [-0.3, -0.25) is 4.90 Å². The fourth-order valence-corrected chi connectivity index (χ4v) is 1.44. The van der Waals surface area contributed by atoms with Crippen LogP contribution in [0.15, 0.2) is 0 Å². The zero-order valence-corrected chi connectivity index (χ0v) is 10.4. The highest BCUT2D eigenvalue weighted by atomic mass is 16.5. The molecule has 88 valence electrons. The molecule has 0 aromatic carbocycles. The van der Waals surface area contributed by atoms with Crippen LogP contribution in [0.2, 0.25) is 0 Å². The molecule has 0 aromatic heterocycles. The van der Waals surface area contributed by atoms with Crippen LogP contribution in [0.5, 0.6) is 0 Å². The number of nitrogens with zero attached hydrogens (tertiary/aromatic N) is 1. The first-order valence-corrected chi connectivity index (χ1v) is 5.52. The number of ether oxygens (including phenoxy) is 2. The average molecular weight is 213 g/mol. The highest BCUT2D eigenvalue weighted by Gasteiger charge is 2.25. The Morgan fingerprint density at radius 2 is 1.80 bits per heavy atom. The monoisotopic (exact) mass is 213 g/mol. The lowest BCUT2D eigenvalue weighted by molar-refractivity contribution is 0.0433. The van der Waals surface area contributed by atoms with Gasteiger partial charge in [0.05, 0.1) is 13.2 Å². The van der Waals surface area contributed by atoms with E-state index in [1.807, 2.05) is 13.8 Å². The first-order valence-electron chi connectivity index (χ1n) is 5.52. The number of hydrogen-bond acceptors (Lipinski definition) is 3. The van der Waals surface area contributed by atoms with Gasteiger partial charge in [-0.05, 0) is 0 Å². The van der Waals surface area contributed by atoms with Gasteiger partial charge >= 0.3 is 0 Å². The fourth-order valence-electron chi connectivity index (χ4n) is 1.44. The third-order valence-corrected chi connectivity index (χ3v) is 2.08. The minimum Gasteiger partial charge on any atom is -0.384 e. The highest BCUT2D eigenvalue weighted by Crippen LogP contribution is 2.13. The summed E-state index contributed by atoms with van der Waals surface area (Å²) in [6, 6.07) is 0. The smallest absolute Gasteiger partial charge is 0.107 e. The number of hydrogen-bond donors (Lipinski definition) is 0. The van der Waals surface area contributed by atoms with Crippen molar-refractivity contribution in [1.82, 2.24) is 4.90 Å². The van der Waals surface area contributed by atoms with Gasteiger partial charge in [0.1, 0.15) is 6.61 Å². The summed E-state index contributed by atoms with van der Waals surface area (Å²) in [5.41, 5.74) is 0. The van der Waals surface area contributed by atoms with Crippen LogP contribution in [-0.4, -0.2) is 52.0 Å². The molecule has 1 aliphatic rings. The van der Waals surface area contributed by atoms with Crippen LogP contribution in [-0.2, 0) is 9.47 Å². The third kappa shape index (κ3) is 6.51. The fraction of sp³-hybridized carbons (Fsp3) is 0.833. The second-order valence-electron chi connectivity index (χ2n) is 3.30. The van der Waals surface area contributed by atoms with E-state index in [2.05, 4.69) is 16.7 Å². The van der Waals surface area contributed by atoms with Crippen molar-refractivity contribution in [2.45, 2.75) is 13.8 Å². The Balaban J connectivity index is 0.000000921. The van der Waals surface area contributed by atoms with Crippen molar-refractivity contribution < 1.29 is 9.47 Å². The van der Waals surface area contributed by atoms with Gasteiger partial charge < -0.3 is 9.47 Å². The number of methoxy groups -OCH3 is 2. The quantitative estimate of drug-likeness (QED) is 0.656. The van der Waals surface area contributed by atoms with Crippen molar-refractivity contribution in [2.24, 2.45) is 5.92 Å². The molecule has 1 aliphatic heterocycles. The van der Waals surface area contributed by atoms with Crippen LogP contribution in [0, 0.1) is 17.8 Å². The van der Waals surface area contributed by atoms with E-state index >= 15 is 0 Å². The Hall–Kier alpha value is -0.560. The molecule has 3 heteroatoms. The van der Waals surface area contributed by atoms with Gasteiger partial charge in [-0.2, -0.15) is 0 Å². The predicted octanol–water partition coefficient (Wildman–Crippen LogP) is 1.24. The summed E-state index contributed by atoms with van der Waals surface area (Å²) in [5, 5.41) is 0. The van der Waals surface area contributed by atoms with Crippen molar-refractivity contribution >= 4 is 0 Å². The van der Waals surface area contributed by atoms with Crippen LogP contribution >= 0.6 is 0 Å². The van der Waals surface area contributed by atoms with E-state index in [0.717, 1.165) is 26.2 Å². The maximum absolute atomic E-state index is 5.05. The predicted molar refractivity (Wildman–Crippen MR) is 62.8 cm³/mol. The molecule has 1 saturated heterocycles. The van der Waals surface area contributed by atoms with E-state index in [9.17, 15) is 0 Å². The van der Waals surface area contributed by atoms with Gasteiger partial charge in [-0.15, -0.1) is 0 Å². The minimum absolute atomic E-state index is 0.537. The van der Waals surface area contributed by atoms with Crippen molar-refractivity contribution in [3.63, 3.8) is 0 Å². The second kappa shape index (κ2) is 9.97. The van der Waals surface area contributed by atoms with Crippen molar-refractivity contribution in [1.29, 1.82) is 0 Å². The molecule has 3 nitrogen and oxygen atoms in total. The lowest BCUT2D eigenvalue weighted by Gasteiger charge is -2.37. The van der Waals surface area contributed by atoms with Gasteiger partial charge in [0.15, 0.2) is 0 Å². The van der Waals surface area contributed by atoms with Crippen LogP contribution in [0.1, 0.15) is 13.8 Å². The van der Waals surface area contributed by atoms with Crippen LogP contribution in [0.3, 0.4) is 0 Å². The number of likely N-dealkylation sites (tertiary alicyclic amines) is 1. The van der Waals surface area contributed by atoms with E-state index < -0.39 is 0 Å². The van der Waals surface area contributed by atoms with Gasteiger partial charge in [0.25, 0.3) is 0 Å². The number of rotatable bonds is 4. The van der Waals surface area contributed by atoms with Crippen molar-refractivity contribution in [2.75, 3.05) is 47.1 Å². The van der Waals surface area contributed by atoms with Gasteiger partial charge in [-0.25, -0.2) is 0 Å². The molecular weight excluding hydrogens is 190 g/mol. The van der Waals surface area contributed by atoms with Gasteiger partial charge in [-0.1, -0.05) is 25.7 Å². The summed E-state index contributed by atoms with van der Waals surface area (Å²) >= 11 is 0. The summed E-state index contributed by atoms with van der Waals surface area (Å²) in [6.07, 6.45) is 0. The molecule has 0 amide bonds. The van der Waals surface area contributed by atoms with Crippen molar-refractivity contribution in [3.8, 4) is 11.8 Å². The highest BCUT2D eigenvalue weighted by molar-refractivity contribution is 5.03. The minimum atomic E-state index is 0.537.